The lowest BCUT2D eigenvalue weighted by Gasteiger charge is -2.07. The number of nitrogens with zero attached hydrogens (tertiary/aromatic N) is 3. The molecule has 3 nitrogen and oxygen atoms in total. The fourth-order valence-corrected chi connectivity index (χ4v) is 1.18. The Balaban J connectivity index is 3.19. The maximum absolute atomic E-state index is 5.98. The second-order valence-corrected chi connectivity index (χ2v) is 3.12. The second kappa shape index (κ2) is 2.74. The molecule has 0 saturated carbocycles. The fraction of sp³-hybridized carbons (Fsp3) is 0.571. The molecule has 4 heteroatoms. The van der Waals surface area contributed by atoms with Crippen LogP contribution in [0.4, 0.5) is 5.82 Å². The van der Waals surface area contributed by atoms with E-state index in [0.29, 0.717) is 0 Å². The molecule has 0 N–H and O–H groups in total. The summed E-state index contributed by atoms with van der Waals surface area (Å²) in [5.41, 5.74) is 0.996. The van der Waals surface area contributed by atoms with Gasteiger partial charge < -0.3 is 4.90 Å². The number of anilines is 1. The number of aromatic nitrogens is 2. The number of rotatable bonds is 1. The van der Waals surface area contributed by atoms with Crippen molar-refractivity contribution in [1.82, 2.24) is 9.78 Å². The average molecular weight is 174 g/mol. The first-order chi connectivity index (χ1) is 5.04. The van der Waals surface area contributed by atoms with Gasteiger partial charge in [0.25, 0.3) is 0 Å². The Morgan fingerprint density at radius 2 is 2.00 bits per heavy atom. The molecule has 0 saturated heterocycles. The molecule has 0 amide bonds. The number of aryl methyl sites for hydroxylation is 1. The molecule has 1 aromatic rings. The highest BCUT2D eigenvalue weighted by molar-refractivity contribution is 6.33. The molecule has 0 aromatic carbocycles. The first-order valence-electron chi connectivity index (χ1n) is 3.40. The molecular formula is C7H12ClN3. The van der Waals surface area contributed by atoms with Gasteiger partial charge in [0.1, 0.15) is 5.02 Å². The van der Waals surface area contributed by atoms with Gasteiger partial charge in [-0.25, -0.2) is 0 Å². The van der Waals surface area contributed by atoms with Gasteiger partial charge in [0.15, 0.2) is 5.82 Å². The zero-order valence-electron chi connectivity index (χ0n) is 7.22. The molecule has 0 bridgehead atoms. The van der Waals surface area contributed by atoms with Gasteiger partial charge in [0.05, 0.1) is 5.69 Å². The summed E-state index contributed by atoms with van der Waals surface area (Å²) in [7, 11) is 5.73. The van der Waals surface area contributed by atoms with E-state index in [0.717, 1.165) is 16.5 Å². The first-order valence-corrected chi connectivity index (χ1v) is 3.78. The Labute approximate surface area is 71.6 Å². The summed E-state index contributed by atoms with van der Waals surface area (Å²) in [5.74, 6) is 0.826. The number of hydrogen-bond donors (Lipinski definition) is 0. The van der Waals surface area contributed by atoms with E-state index >= 15 is 0 Å². The maximum Gasteiger partial charge on any atom is 0.169 e. The van der Waals surface area contributed by atoms with E-state index in [2.05, 4.69) is 5.10 Å². The molecule has 1 rings (SSSR count). The van der Waals surface area contributed by atoms with E-state index in [1.807, 2.05) is 33.0 Å². The Hall–Kier alpha value is -0.700. The normalized spacial score (nSPS) is 10.3. The summed E-state index contributed by atoms with van der Waals surface area (Å²) < 4.78 is 1.78. The molecule has 0 unspecified atom stereocenters. The fourth-order valence-electron chi connectivity index (χ4n) is 0.851. The van der Waals surface area contributed by atoms with Crippen LogP contribution in [0.5, 0.6) is 0 Å². The Morgan fingerprint density at radius 1 is 1.45 bits per heavy atom. The lowest BCUT2D eigenvalue weighted by molar-refractivity contribution is 0.736. The molecule has 1 aromatic heterocycles. The van der Waals surface area contributed by atoms with Crippen LogP contribution in [0.3, 0.4) is 0 Å². The van der Waals surface area contributed by atoms with Crippen LogP contribution in [-0.2, 0) is 7.05 Å². The van der Waals surface area contributed by atoms with Crippen molar-refractivity contribution in [3.05, 3.63) is 10.7 Å². The highest BCUT2D eigenvalue weighted by atomic mass is 35.5. The van der Waals surface area contributed by atoms with Crippen molar-refractivity contribution in [2.45, 2.75) is 6.92 Å². The summed E-state index contributed by atoms with van der Waals surface area (Å²) in [6.07, 6.45) is 0. The summed E-state index contributed by atoms with van der Waals surface area (Å²) in [4.78, 5) is 1.90. The lowest BCUT2D eigenvalue weighted by Crippen LogP contribution is -2.10. The van der Waals surface area contributed by atoms with Crippen molar-refractivity contribution >= 4 is 17.4 Å². The molecular weight excluding hydrogens is 162 g/mol. The molecule has 0 fully saturated rings. The van der Waals surface area contributed by atoms with Crippen LogP contribution >= 0.6 is 11.6 Å². The van der Waals surface area contributed by atoms with Crippen LogP contribution in [0.15, 0.2) is 0 Å². The predicted molar refractivity (Wildman–Crippen MR) is 47.3 cm³/mol. The van der Waals surface area contributed by atoms with Gasteiger partial charge in [-0.05, 0) is 6.92 Å². The topological polar surface area (TPSA) is 21.1 Å². The van der Waals surface area contributed by atoms with Crippen LogP contribution < -0.4 is 4.90 Å². The second-order valence-electron chi connectivity index (χ2n) is 2.74. The number of halogens is 1. The minimum atomic E-state index is 0.734. The maximum atomic E-state index is 5.98. The van der Waals surface area contributed by atoms with Gasteiger partial charge in [0.2, 0.25) is 0 Å². The van der Waals surface area contributed by atoms with Crippen molar-refractivity contribution < 1.29 is 0 Å². The van der Waals surface area contributed by atoms with E-state index in [1.54, 1.807) is 4.68 Å². The van der Waals surface area contributed by atoms with Crippen molar-refractivity contribution in [1.29, 1.82) is 0 Å². The standard InChI is InChI=1S/C7H12ClN3/c1-5-6(8)7(10(2)3)9-11(5)4/h1-4H3. The van der Waals surface area contributed by atoms with Crippen LogP contribution in [0.1, 0.15) is 5.69 Å². The van der Waals surface area contributed by atoms with E-state index < -0.39 is 0 Å². The molecule has 62 valence electrons. The van der Waals surface area contributed by atoms with E-state index in [-0.39, 0.29) is 0 Å². The molecule has 0 radical (unpaired) electrons. The Morgan fingerprint density at radius 3 is 2.18 bits per heavy atom. The Bertz CT molecular complexity index is 265. The van der Waals surface area contributed by atoms with Crippen LogP contribution in [0, 0.1) is 6.92 Å². The van der Waals surface area contributed by atoms with E-state index in [1.165, 1.54) is 0 Å². The average Bonchev–Trinajstić information content (AvgIpc) is 2.17. The molecule has 0 aliphatic heterocycles. The minimum Gasteiger partial charge on any atom is -0.360 e. The van der Waals surface area contributed by atoms with Gasteiger partial charge in [-0.15, -0.1) is 0 Å². The third-order valence-corrected chi connectivity index (χ3v) is 2.11. The molecule has 0 aliphatic rings. The SMILES string of the molecule is Cc1c(Cl)c(N(C)C)nn1C. The summed E-state index contributed by atoms with van der Waals surface area (Å²) in [6, 6.07) is 0. The van der Waals surface area contributed by atoms with Crippen molar-refractivity contribution in [3.8, 4) is 0 Å². The molecule has 1 heterocycles. The zero-order chi connectivity index (χ0) is 8.59. The van der Waals surface area contributed by atoms with Crippen molar-refractivity contribution in [3.63, 3.8) is 0 Å². The van der Waals surface area contributed by atoms with Gasteiger partial charge >= 0.3 is 0 Å². The van der Waals surface area contributed by atoms with Gasteiger partial charge in [-0.1, -0.05) is 11.6 Å². The summed E-state index contributed by atoms with van der Waals surface area (Å²) in [6.45, 7) is 1.95. The minimum absolute atomic E-state index is 0.734. The van der Waals surface area contributed by atoms with Crippen molar-refractivity contribution in [2.24, 2.45) is 7.05 Å². The van der Waals surface area contributed by atoms with Crippen LogP contribution in [0.2, 0.25) is 5.02 Å². The highest BCUT2D eigenvalue weighted by Crippen LogP contribution is 2.25. The van der Waals surface area contributed by atoms with Crippen LogP contribution in [0.25, 0.3) is 0 Å². The summed E-state index contributed by atoms with van der Waals surface area (Å²) in [5, 5.41) is 4.95. The quantitative estimate of drug-likeness (QED) is 0.641. The van der Waals surface area contributed by atoms with E-state index in [4.69, 9.17) is 11.6 Å². The molecule has 0 atom stereocenters. The third kappa shape index (κ3) is 1.33. The van der Waals surface area contributed by atoms with Gasteiger partial charge in [-0.2, -0.15) is 5.10 Å². The molecule has 0 aliphatic carbocycles. The number of hydrogen-bond acceptors (Lipinski definition) is 2. The first kappa shape index (κ1) is 8.40. The molecule has 0 spiro atoms. The van der Waals surface area contributed by atoms with Crippen molar-refractivity contribution in [2.75, 3.05) is 19.0 Å². The van der Waals surface area contributed by atoms with E-state index in [9.17, 15) is 0 Å². The highest BCUT2D eigenvalue weighted by Gasteiger charge is 2.11. The van der Waals surface area contributed by atoms with Crippen LogP contribution in [-0.4, -0.2) is 23.9 Å². The van der Waals surface area contributed by atoms with Gasteiger partial charge in [0, 0.05) is 21.1 Å². The third-order valence-electron chi connectivity index (χ3n) is 1.67. The summed E-state index contributed by atoms with van der Waals surface area (Å²) >= 11 is 5.98. The lowest BCUT2D eigenvalue weighted by atomic mass is 10.4. The molecule has 11 heavy (non-hydrogen) atoms. The van der Waals surface area contributed by atoms with Gasteiger partial charge in [-0.3, -0.25) is 4.68 Å². The largest absolute Gasteiger partial charge is 0.360 e. The monoisotopic (exact) mass is 173 g/mol. The smallest absolute Gasteiger partial charge is 0.169 e. The predicted octanol–water partition coefficient (Wildman–Crippen LogP) is 1.45. The zero-order valence-corrected chi connectivity index (χ0v) is 7.98. The Kier molecular flexibility index (Phi) is 2.09.